The first-order chi connectivity index (χ1) is 4.68. The summed E-state index contributed by atoms with van der Waals surface area (Å²) >= 11 is 4.39. The molecule has 1 unspecified atom stereocenters. The van der Waals surface area contributed by atoms with Crippen LogP contribution in [0.5, 0.6) is 0 Å². The third-order valence-corrected chi connectivity index (χ3v) is 3.22. The van der Waals surface area contributed by atoms with E-state index in [0.717, 1.165) is 17.3 Å². The second-order valence-electron chi connectivity index (χ2n) is 2.11. The van der Waals surface area contributed by atoms with Crippen LogP contribution in [0.3, 0.4) is 0 Å². The Balaban J connectivity index is 3.13. The Labute approximate surface area is 88.7 Å². The lowest BCUT2D eigenvalue weighted by atomic mass is 10.2. The van der Waals surface area contributed by atoms with Crippen molar-refractivity contribution in [2.24, 2.45) is 0 Å². The van der Waals surface area contributed by atoms with E-state index in [1.807, 2.05) is 0 Å². The van der Waals surface area contributed by atoms with Crippen LogP contribution in [0, 0.1) is 0 Å². The molecule has 0 heterocycles. The fourth-order valence-corrected chi connectivity index (χ4v) is 1.56. The van der Waals surface area contributed by atoms with Gasteiger partial charge in [-0.3, -0.25) is 0 Å². The first-order valence-corrected chi connectivity index (χ1v) is 6.01. The fourth-order valence-electron chi connectivity index (χ4n) is 0.583. The Kier molecular flexibility index (Phi) is 8.03. The third-order valence-electron chi connectivity index (χ3n) is 1.19. The van der Waals surface area contributed by atoms with E-state index in [4.69, 9.17) is 10.2 Å². The summed E-state index contributed by atoms with van der Waals surface area (Å²) in [5.41, 5.74) is 0. The smallest absolute Gasteiger partial charge is 0.163 e. The van der Waals surface area contributed by atoms with E-state index in [2.05, 4.69) is 45.2 Å². The molecular weight excluding hydrogens is 358 g/mol. The number of halogens is 2. The molecule has 0 rings (SSSR count). The molecule has 2 N–H and O–H groups in total. The molecule has 0 saturated carbocycles. The van der Waals surface area contributed by atoms with Crippen LogP contribution in [0.15, 0.2) is 0 Å². The molecule has 62 valence electrons. The monoisotopic (exact) mass is 370 g/mol. The molecule has 0 bridgehead atoms. The average Bonchev–Trinajstić information content (AvgIpc) is 1.88. The normalized spacial score (nSPS) is 14.1. The quantitative estimate of drug-likeness (QED) is 0.335. The van der Waals surface area contributed by atoms with Crippen molar-refractivity contribution in [1.29, 1.82) is 0 Å². The summed E-state index contributed by atoms with van der Waals surface area (Å²) in [6.45, 7) is 0. The van der Waals surface area contributed by atoms with Crippen molar-refractivity contribution in [3.63, 3.8) is 0 Å². The van der Waals surface area contributed by atoms with Gasteiger partial charge in [-0.2, -0.15) is 0 Å². The number of rotatable bonds is 5. The predicted molar refractivity (Wildman–Crippen MR) is 58.8 cm³/mol. The zero-order valence-electron chi connectivity index (χ0n) is 5.63. The summed E-state index contributed by atoms with van der Waals surface area (Å²) in [6.07, 6.45) is 2.03. The molecule has 0 radical (unpaired) electrons. The van der Waals surface area contributed by atoms with Crippen molar-refractivity contribution < 1.29 is 10.2 Å². The van der Waals surface area contributed by atoms with E-state index in [1.54, 1.807) is 0 Å². The second kappa shape index (κ2) is 7.05. The van der Waals surface area contributed by atoms with Gasteiger partial charge in [0.25, 0.3) is 0 Å². The van der Waals surface area contributed by atoms with Gasteiger partial charge in [-0.25, -0.2) is 0 Å². The molecule has 1 atom stereocenters. The molecule has 0 aliphatic carbocycles. The first kappa shape index (κ1) is 11.4. The zero-order valence-corrected chi connectivity index (χ0v) is 9.95. The highest BCUT2D eigenvalue weighted by molar-refractivity contribution is 14.1. The van der Waals surface area contributed by atoms with Crippen LogP contribution >= 0.6 is 45.2 Å². The van der Waals surface area contributed by atoms with Crippen molar-refractivity contribution in [3.8, 4) is 0 Å². The minimum Gasteiger partial charge on any atom is -0.367 e. The van der Waals surface area contributed by atoms with Crippen LogP contribution in [0.1, 0.15) is 19.3 Å². The summed E-state index contributed by atoms with van der Waals surface area (Å²) < 4.78 is 1.16. The summed E-state index contributed by atoms with van der Waals surface area (Å²) in [5.74, 6) is 0. The molecule has 10 heavy (non-hydrogen) atoms. The molecule has 2 nitrogen and oxygen atoms in total. The van der Waals surface area contributed by atoms with Gasteiger partial charge in [0, 0.05) is 0 Å². The number of hydrogen-bond acceptors (Lipinski definition) is 2. The minimum atomic E-state index is -1.14. The second-order valence-corrected chi connectivity index (χ2v) is 4.79. The molecule has 0 saturated heterocycles. The Morgan fingerprint density at radius 1 is 1.20 bits per heavy atom. The van der Waals surface area contributed by atoms with E-state index >= 15 is 0 Å². The van der Waals surface area contributed by atoms with Gasteiger partial charge in [0.05, 0.1) is 3.92 Å². The van der Waals surface area contributed by atoms with Gasteiger partial charge in [-0.15, -0.1) is 0 Å². The molecule has 0 amide bonds. The fraction of sp³-hybridized carbons (Fsp3) is 1.00. The summed E-state index contributed by atoms with van der Waals surface area (Å²) in [6, 6.07) is 0. The lowest BCUT2D eigenvalue weighted by molar-refractivity contribution is -0.0378. The standard InChI is InChI=1S/C6H12I2O2/c7-4-2-1-3-5(8)6(9)10/h5-6,9-10H,1-4H2. The molecule has 0 spiro atoms. The summed E-state index contributed by atoms with van der Waals surface area (Å²) in [7, 11) is 0. The van der Waals surface area contributed by atoms with Crippen molar-refractivity contribution in [2.75, 3.05) is 4.43 Å². The SMILES string of the molecule is OC(O)C(I)CCCCI. The van der Waals surface area contributed by atoms with Crippen molar-refractivity contribution in [1.82, 2.24) is 0 Å². The topological polar surface area (TPSA) is 40.5 Å². The Morgan fingerprint density at radius 2 is 1.80 bits per heavy atom. The average molecular weight is 370 g/mol. The highest BCUT2D eigenvalue weighted by Gasteiger charge is 2.10. The van der Waals surface area contributed by atoms with Gasteiger partial charge in [-0.05, 0) is 17.3 Å². The molecular formula is C6H12I2O2. The minimum absolute atomic E-state index is 0.000509. The van der Waals surface area contributed by atoms with E-state index in [-0.39, 0.29) is 3.92 Å². The molecule has 0 fully saturated rings. The molecule has 0 aromatic heterocycles. The Morgan fingerprint density at radius 3 is 2.20 bits per heavy atom. The van der Waals surface area contributed by atoms with Gasteiger partial charge in [0.1, 0.15) is 0 Å². The van der Waals surface area contributed by atoms with Gasteiger partial charge in [0.15, 0.2) is 6.29 Å². The van der Waals surface area contributed by atoms with Crippen LogP contribution in [0.25, 0.3) is 0 Å². The van der Waals surface area contributed by atoms with Crippen molar-refractivity contribution >= 4 is 45.2 Å². The van der Waals surface area contributed by atoms with E-state index in [9.17, 15) is 0 Å². The van der Waals surface area contributed by atoms with Crippen LogP contribution in [0.2, 0.25) is 0 Å². The zero-order chi connectivity index (χ0) is 7.98. The molecule has 0 aromatic rings. The number of unbranched alkanes of at least 4 members (excludes halogenated alkanes) is 1. The van der Waals surface area contributed by atoms with Gasteiger partial charge >= 0.3 is 0 Å². The Hall–Kier alpha value is 1.38. The number of aliphatic hydroxyl groups is 2. The van der Waals surface area contributed by atoms with E-state index in [1.165, 1.54) is 6.42 Å². The van der Waals surface area contributed by atoms with Crippen LogP contribution < -0.4 is 0 Å². The lowest BCUT2D eigenvalue weighted by Crippen LogP contribution is -2.18. The molecule has 0 aliphatic rings. The third kappa shape index (κ3) is 6.11. The van der Waals surface area contributed by atoms with Crippen molar-refractivity contribution in [2.45, 2.75) is 29.5 Å². The largest absolute Gasteiger partial charge is 0.367 e. The Bertz CT molecular complexity index is 78.1. The van der Waals surface area contributed by atoms with E-state index in [0.29, 0.717) is 0 Å². The summed E-state index contributed by atoms with van der Waals surface area (Å²) in [4.78, 5) is 0. The first-order valence-electron chi connectivity index (χ1n) is 3.24. The maximum absolute atomic E-state index is 8.67. The van der Waals surface area contributed by atoms with Crippen LogP contribution in [0.4, 0.5) is 0 Å². The number of aliphatic hydroxyl groups excluding tert-OH is 1. The molecule has 0 aliphatic heterocycles. The van der Waals surface area contributed by atoms with Gasteiger partial charge in [0.2, 0.25) is 0 Å². The number of hydrogen-bond donors (Lipinski definition) is 2. The van der Waals surface area contributed by atoms with Crippen LogP contribution in [-0.2, 0) is 0 Å². The van der Waals surface area contributed by atoms with Crippen LogP contribution in [-0.4, -0.2) is 24.9 Å². The van der Waals surface area contributed by atoms with E-state index < -0.39 is 6.29 Å². The highest BCUT2D eigenvalue weighted by atomic mass is 127. The van der Waals surface area contributed by atoms with Gasteiger partial charge < -0.3 is 10.2 Å². The lowest BCUT2D eigenvalue weighted by Gasteiger charge is -2.10. The number of alkyl halides is 2. The highest BCUT2D eigenvalue weighted by Crippen LogP contribution is 2.13. The molecule has 4 heteroatoms. The maximum Gasteiger partial charge on any atom is 0.163 e. The predicted octanol–water partition coefficient (Wildman–Crippen LogP) is 1.71. The van der Waals surface area contributed by atoms with Gasteiger partial charge in [-0.1, -0.05) is 51.6 Å². The maximum atomic E-state index is 8.67. The van der Waals surface area contributed by atoms with Crippen molar-refractivity contribution in [3.05, 3.63) is 0 Å². The molecule has 0 aromatic carbocycles. The summed E-state index contributed by atoms with van der Waals surface area (Å²) in [5, 5.41) is 17.3.